The van der Waals surface area contributed by atoms with Crippen molar-refractivity contribution in [1.29, 1.82) is 0 Å². The van der Waals surface area contributed by atoms with Gasteiger partial charge in [0.05, 0.1) is 6.10 Å². The summed E-state index contributed by atoms with van der Waals surface area (Å²) in [5.41, 5.74) is 2.03. The van der Waals surface area contributed by atoms with Crippen LogP contribution in [0.4, 0.5) is 5.69 Å². The summed E-state index contributed by atoms with van der Waals surface area (Å²) in [5.74, 6) is -0.00469. The van der Waals surface area contributed by atoms with Crippen LogP contribution in [-0.4, -0.2) is 40.5 Å². The highest BCUT2D eigenvalue weighted by molar-refractivity contribution is 5.96. The van der Waals surface area contributed by atoms with Gasteiger partial charge in [0, 0.05) is 30.6 Å². The number of hydrogen-bond donors (Lipinski definition) is 2. The Bertz CT molecular complexity index is 614. The number of carbonyl (C=O) groups is 2. The van der Waals surface area contributed by atoms with Gasteiger partial charge in [-0.25, -0.2) is 0 Å². The maximum Gasteiger partial charge on any atom is 0.227 e. The fourth-order valence-corrected chi connectivity index (χ4v) is 3.89. The first-order chi connectivity index (χ1) is 11.5. The van der Waals surface area contributed by atoms with Gasteiger partial charge in [-0.15, -0.1) is 0 Å². The van der Waals surface area contributed by atoms with Gasteiger partial charge < -0.3 is 15.3 Å². The van der Waals surface area contributed by atoms with Crippen molar-refractivity contribution in [3.05, 3.63) is 29.8 Å². The normalized spacial score (nSPS) is 24.4. The second-order valence-corrected chi connectivity index (χ2v) is 7.05. The zero-order valence-electron chi connectivity index (χ0n) is 14.2. The number of carbonyl (C=O) groups excluding carboxylic acids is 2. The van der Waals surface area contributed by atoms with E-state index in [2.05, 4.69) is 5.32 Å². The third kappa shape index (κ3) is 3.78. The molecule has 0 saturated carbocycles. The summed E-state index contributed by atoms with van der Waals surface area (Å²) in [5, 5.41) is 12.5. The predicted molar refractivity (Wildman–Crippen MR) is 92.5 cm³/mol. The van der Waals surface area contributed by atoms with Crippen molar-refractivity contribution in [3.63, 3.8) is 0 Å². The predicted octanol–water partition coefficient (Wildman–Crippen LogP) is 2.34. The van der Waals surface area contributed by atoms with Gasteiger partial charge >= 0.3 is 0 Å². The van der Waals surface area contributed by atoms with Gasteiger partial charge in [0.1, 0.15) is 0 Å². The molecular formula is C19H26N2O3. The number of aliphatic hydroxyl groups is 1. The number of hydrogen-bond acceptors (Lipinski definition) is 3. The number of anilines is 1. The van der Waals surface area contributed by atoms with E-state index in [1.807, 2.05) is 29.2 Å². The molecule has 5 nitrogen and oxygen atoms in total. The van der Waals surface area contributed by atoms with Crippen LogP contribution >= 0.6 is 0 Å². The van der Waals surface area contributed by atoms with Crippen LogP contribution in [0.25, 0.3) is 0 Å². The molecule has 24 heavy (non-hydrogen) atoms. The van der Waals surface area contributed by atoms with E-state index in [1.165, 1.54) is 0 Å². The van der Waals surface area contributed by atoms with Crippen molar-refractivity contribution in [3.8, 4) is 0 Å². The lowest BCUT2D eigenvalue weighted by Gasteiger charge is -2.28. The van der Waals surface area contributed by atoms with E-state index in [9.17, 15) is 14.7 Å². The molecule has 2 N–H and O–H groups in total. The average molecular weight is 330 g/mol. The van der Waals surface area contributed by atoms with Crippen LogP contribution in [-0.2, 0) is 16.0 Å². The van der Waals surface area contributed by atoms with Crippen molar-refractivity contribution in [2.24, 2.45) is 5.92 Å². The van der Waals surface area contributed by atoms with Gasteiger partial charge in [-0.3, -0.25) is 9.59 Å². The Morgan fingerprint density at radius 1 is 1.42 bits per heavy atom. The molecule has 0 spiro atoms. The van der Waals surface area contributed by atoms with Crippen LogP contribution in [0.5, 0.6) is 0 Å². The fraction of sp³-hybridized carbons (Fsp3) is 0.579. The molecule has 2 heterocycles. The highest BCUT2D eigenvalue weighted by Crippen LogP contribution is 2.29. The van der Waals surface area contributed by atoms with Crippen LogP contribution in [0, 0.1) is 5.92 Å². The van der Waals surface area contributed by atoms with Crippen molar-refractivity contribution in [2.45, 2.75) is 57.6 Å². The summed E-state index contributed by atoms with van der Waals surface area (Å²) >= 11 is 0. The molecule has 2 aliphatic rings. The number of rotatable bonds is 5. The minimum absolute atomic E-state index is 0.0171. The molecule has 0 radical (unpaired) electrons. The van der Waals surface area contributed by atoms with Crippen LogP contribution in [0.3, 0.4) is 0 Å². The third-order valence-electron chi connectivity index (χ3n) is 5.13. The summed E-state index contributed by atoms with van der Waals surface area (Å²) in [4.78, 5) is 26.7. The minimum Gasteiger partial charge on any atom is -0.393 e. The minimum atomic E-state index is -0.385. The van der Waals surface area contributed by atoms with Crippen molar-refractivity contribution in [2.75, 3.05) is 11.9 Å². The fourth-order valence-electron chi connectivity index (χ4n) is 3.89. The van der Waals surface area contributed by atoms with Crippen LogP contribution < -0.4 is 5.32 Å². The number of nitrogens with zero attached hydrogens (tertiary/aromatic N) is 1. The molecule has 3 atom stereocenters. The second kappa shape index (κ2) is 7.34. The van der Waals surface area contributed by atoms with E-state index in [0.29, 0.717) is 25.7 Å². The molecule has 0 aromatic heterocycles. The molecule has 2 amide bonds. The highest BCUT2D eigenvalue weighted by atomic mass is 16.3. The lowest BCUT2D eigenvalue weighted by molar-refractivity contribution is -0.133. The Morgan fingerprint density at radius 2 is 2.21 bits per heavy atom. The summed E-state index contributed by atoms with van der Waals surface area (Å²) in [6.07, 6.45) is 3.90. The first kappa shape index (κ1) is 17.0. The van der Waals surface area contributed by atoms with Gasteiger partial charge in [-0.2, -0.15) is 0 Å². The van der Waals surface area contributed by atoms with Crippen molar-refractivity contribution in [1.82, 2.24) is 4.90 Å². The smallest absolute Gasteiger partial charge is 0.227 e. The Kier molecular flexibility index (Phi) is 5.19. The average Bonchev–Trinajstić information content (AvgIpc) is 3.00. The topological polar surface area (TPSA) is 69.6 Å². The van der Waals surface area contributed by atoms with Gasteiger partial charge in [0.25, 0.3) is 0 Å². The Balaban J connectivity index is 1.56. The van der Waals surface area contributed by atoms with Crippen LogP contribution in [0.2, 0.25) is 0 Å². The van der Waals surface area contributed by atoms with Gasteiger partial charge in [0.15, 0.2) is 0 Å². The number of para-hydroxylation sites is 1. The number of nitrogens with one attached hydrogen (secondary N) is 1. The lowest BCUT2D eigenvalue weighted by Crippen LogP contribution is -2.38. The van der Waals surface area contributed by atoms with Crippen LogP contribution in [0.15, 0.2) is 24.3 Å². The van der Waals surface area contributed by atoms with Crippen molar-refractivity contribution >= 4 is 17.5 Å². The van der Waals surface area contributed by atoms with E-state index in [4.69, 9.17) is 0 Å². The monoisotopic (exact) mass is 330 g/mol. The number of fused-ring (bicyclic) bond motifs is 1. The molecule has 5 heteroatoms. The van der Waals surface area contributed by atoms with Gasteiger partial charge in [0.2, 0.25) is 11.8 Å². The maximum absolute atomic E-state index is 12.5. The number of likely N-dealkylation sites (tertiary alicyclic amines) is 1. The third-order valence-corrected chi connectivity index (χ3v) is 5.13. The quantitative estimate of drug-likeness (QED) is 0.870. The van der Waals surface area contributed by atoms with Gasteiger partial charge in [-0.05, 0) is 50.7 Å². The van der Waals surface area contributed by atoms with E-state index < -0.39 is 0 Å². The Labute approximate surface area is 143 Å². The molecule has 3 unspecified atom stereocenters. The van der Waals surface area contributed by atoms with Gasteiger partial charge in [-0.1, -0.05) is 18.2 Å². The van der Waals surface area contributed by atoms with E-state index in [1.54, 1.807) is 6.92 Å². The van der Waals surface area contributed by atoms with E-state index in [-0.39, 0.29) is 29.9 Å². The SMILES string of the molecule is CC(O)CC1CCCN1C(=O)CCC1Cc2ccccc2NC1=O. The molecule has 1 aromatic rings. The molecule has 0 bridgehead atoms. The maximum atomic E-state index is 12.5. The van der Waals surface area contributed by atoms with E-state index >= 15 is 0 Å². The first-order valence-electron chi connectivity index (χ1n) is 8.91. The Morgan fingerprint density at radius 3 is 3.00 bits per heavy atom. The number of benzene rings is 1. The largest absolute Gasteiger partial charge is 0.393 e. The van der Waals surface area contributed by atoms with Crippen molar-refractivity contribution < 1.29 is 14.7 Å². The summed E-state index contributed by atoms with van der Waals surface area (Å²) in [6.45, 7) is 2.54. The number of amides is 2. The molecule has 1 fully saturated rings. The second-order valence-electron chi connectivity index (χ2n) is 7.05. The highest BCUT2D eigenvalue weighted by Gasteiger charge is 2.31. The van der Waals surface area contributed by atoms with E-state index in [0.717, 1.165) is 30.6 Å². The molecular weight excluding hydrogens is 304 g/mol. The van der Waals surface area contributed by atoms with Crippen LogP contribution in [0.1, 0.15) is 44.6 Å². The zero-order valence-corrected chi connectivity index (χ0v) is 14.2. The summed E-state index contributed by atoms with van der Waals surface area (Å²) < 4.78 is 0. The molecule has 1 aromatic carbocycles. The number of aliphatic hydroxyl groups excluding tert-OH is 1. The lowest BCUT2D eigenvalue weighted by atomic mass is 9.89. The standard InChI is InChI=1S/C19H26N2O3/c1-13(22)11-16-6-4-10-21(16)18(23)9-8-15-12-14-5-2-3-7-17(14)20-19(15)24/h2-3,5,7,13,15-16,22H,4,6,8-12H2,1H3,(H,20,24). The molecule has 1 saturated heterocycles. The molecule has 3 rings (SSSR count). The Hall–Kier alpha value is -1.88. The molecule has 130 valence electrons. The summed E-state index contributed by atoms with van der Waals surface area (Å²) in [6, 6.07) is 7.99. The molecule has 0 aliphatic carbocycles. The summed E-state index contributed by atoms with van der Waals surface area (Å²) in [7, 11) is 0. The first-order valence-corrected chi connectivity index (χ1v) is 8.91. The zero-order chi connectivity index (χ0) is 17.1. The molecule has 2 aliphatic heterocycles.